The Balaban J connectivity index is 2.19. The van der Waals surface area contributed by atoms with Crippen LogP contribution in [0, 0.1) is 10.1 Å². The number of nitrogens with zero attached hydrogens (tertiary/aromatic N) is 1. The Hall–Kier alpha value is -1.98. The Morgan fingerprint density at radius 1 is 1.14 bits per heavy atom. The van der Waals surface area contributed by atoms with E-state index in [1.54, 1.807) is 24.3 Å². The molecule has 0 aliphatic carbocycles. The zero-order chi connectivity index (χ0) is 15.4. The lowest BCUT2D eigenvalue weighted by Gasteiger charge is -2.08. The molecule has 0 aromatic heterocycles. The minimum Gasteiger partial charge on any atom is -0.496 e. The normalized spacial score (nSPS) is 10.2. The van der Waals surface area contributed by atoms with Gasteiger partial charge in [-0.25, -0.2) is 0 Å². The molecule has 0 bridgehead atoms. The van der Waals surface area contributed by atoms with Crippen LogP contribution in [0.5, 0.6) is 11.5 Å². The van der Waals surface area contributed by atoms with Crippen LogP contribution < -0.4 is 9.47 Å². The first kappa shape index (κ1) is 15.4. The zero-order valence-corrected chi connectivity index (χ0v) is 12.5. The molecule has 0 spiro atoms. The van der Waals surface area contributed by atoms with Crippen molar-refractivity contribution in [1.29, 1.82) is 0 Å². The van der Waals surface area contributed by atoms with Crippen LogP contribution in [-0.2, 0) is 6.61 Å². The molecule has 7 heteroatoms. The molecule has 0 saturated carbocycles. The predicted molar refractivity (Wildman–Crippen MR) is 80.4 cm³/mol. The minimum absolute atomic E-state index is 0.143. The lowest BCUT2D eigenvalue weighted by molar-refractivity contribution is -0.386. The van der Waals surface area contributed by atoms with E-state index in [0.717, 1.165) is 5.56 Å². The third-order valence-corrected chi connectivity index (χ3v) is 3.48. The first-order chi connectivity index (χ1) is 10.0. The number of nitro groups is 1. The van der Waals surface area contributed by atoms with Crippen molar-refractivity contribution in [2.75, 3.05) is 7.11 Å². The maximum atomic E-state index is 11.0. The van der Waals surface area contributed by atoms with E-state index in [0.29, 0.717) is 15.8 Å². The van der Waals surface area contributed by atoms with E-state index in [2.05, 4.69) is 0 Å². The van der Waals surface area contributed by atoms with Gasteiger partial charge in [-0.2, -0.15) is 0 Å². The molecule has 2 aromatic rings. The highest BCUT2D eigenvalue weighted by Crippen LogP contribution is 2.32. The van der Waals surface area contributed by atoms with E-state index in [1.807, 2.05) is 0 Å². The highest BCUT2D eigenvalue weighted by Gasteiger charge is 2.16. The number of halogens is 2. The Morgan fingerprint density at radius 3 is 2.52 bits per heavy atom. The van der Waals surface area contributed by atoms with E-state index < -0.39 is 4.92 Å². The van der Waals surface area contributed by atoms with Gasteiger partial charge in [0, 0.05) is 0 Å². The van der Waals surface area contributed by atoms with Gasteiger partial charge in [-0.1, -0.05) is 29.3 Å². The molecule has 0 heterocycles. The molecule has 0 radical (unpaired) electrons. The lowest BCUT2D eigenvalue weighted by atomic mass is 10.2. The molecular formula is C14H11Cl2NO4. The fraction of sp³-hybridized carbons (Fsp3) is 0.143. The van der Waals surface area contributed by atoms with Crippen molar-refractivity contribution in [2.45, 2.75) is 6.61 Å². The van der Waals surface area contributed by atoms with Crippen molar-refractivity contribution < 1.29 is 14.4 Å². The summed E-state index contributed by atoms with van der Waals surface area (Å²) in [5, 5.41) is 11.9. The van der Waals surface area contributed by atoms with Crippen molar-refractivity contribution in [3.8, 4) is 11.5 Å². The molecule has 2 aromatic carbocycles. The van der Waals surface area contributed by atoms with Crippen molar-refractivity contribution >= 4 is 28.9 Å². The number of ether oxygens (including phenoxy) is 2. The van der Waals surface area contributed by atoms with Gasteiger partial charge in [-0.15, -0.1) is 0 Å². The molecule has 0 N–H and O–H groups in total. The van der Waals surface area contributed by atoms with Crippen LogP contribution in [0.25, 0.3) is 0 Å². The number of benzene rings is 2. The maximum Gasteiger partial charge on any atom is 0.314 e. The van der Waals surface area contributed by atoms with Crippen molar-refractivity contribution in [1.82, 2.24) is 0 Å². The summed E-state index contributed by atoms with van der Waals surface area (Å²) in [6.07, 6.45) is 0. The first-order valence-corrected chi connectivity index (χ1v) is 6.66. The van der Waals surface area contributed by atoms with Crippen LogP contribution in [0.3, 0.4) is 0 Å². The zero-order valence-electron chi connectivity index (χ0n) is 11.0. The van der Waals surface area contributed by atoms with E-state index in [1.165, 1.54) is 19.2 Å². The summed E-state index contributed by atoms with van der Waals surface area (Å²) < 4.78 is 10.4. The Kier molecular flexibility index (Phi) is 4.88. The van der Waals surface area contributed by atoms with Crippen molar-refractivity contribution in [2.24, 2.45) is 0 Å². The van der Waals surface area contributed by atoms with Crippen LogP contribution >= 0.6 is 23.2 Å². The van der Waals surface area contributed by atoms with Gasteiger partial charge in [0.05, 0.1) is 28.1 Å². The maximum absolute atomic E-state index is 11.0. The van der Waals surface area contributed by atoms with Crippen LogP contribution in [0.15, 0.2) is 36.4 Å². The molecular weight excluding hydrogens is 317 g/mol. The van der Waals surface area contributed by atoms with Crippen LogP contribution in [0.2, 0.25) is 10.0 Å². The first-order valence-electron chi connectivity index (χ1n) is 5.90. The fourth-order valence-corrected chi connectivity index (χ4v) is 2.00. The minimum atomic E-state index is -0.521. The molecule has 0 saturated heterocycles. The predicted octanol–water partition coefficient (Wildman–Crippen LogP) is 4.49. The van der Waals surface area contributed by atoms with Crippen LogP contribution in [0.1, 0.15) is 5.56 Å². The molecule has 21 heavy (non-hydrogen) atoms. The molecule has 0 amide bonds. The van der Waals surface area contributed by atoms with Gasteiger partial charge in [0.15, 0.2) is 5.75 Å². The average molecular weight is 328 g/mol. The molecule has 0 aliphatic heterocycles. The number of nitro benzene ring substituents is 1. The molecule has 5 nitrogen and oxygen atoms in total. The number of hydrogen-bond acceptors (Lipinski definition) is 4. The van der Waals surface area contributed by atoms with Gasteiger partial charge in [0.1, 0.15) is 12.4 Å². The van der Waals surface area contributed by atoms with Gasteiger partial charge in [-0.05, 0) is 29.8 Å². The Bertz CT molecular complexity index is 676. The fourth-order valence-electron chi connectivity index (χ4n) is 1.68. The topological polar surface area (TPSA) is 61.6 Å². The molecule has 2 rings (SSSR count). The van der Waals surface area contributed by atoms with Gasteiger partial charge >= 0.3 is 5.69 Å². The van der Waals surface area contributed by atoms with Crippen molar-refractivity contribution in [3.05, 3.63) is 62.1 Å². The second kappa shape index (κ2) is 6.65. The highest BCUT2D eigenvalue weighted by molar-refractivity contribution is 6.42. The molecule has 0 fully saturated rings. The third kappa shape index (κ3) is 3.77. The number of hydrogen-bond donors (Lipinski definition) is 0. The van der Waals surface area contributed by atoms with Crippen molar-refractivity contribution in [3.63, 3.8) is 0 Å². The smallest absolute Gasteiger partial charge is 0.314 e. The molecule has 0 atom stereocenters. The van der Waals surface area contributed by atoms with Gasteiger partial charge in [0.25, 0.3) is 0 Å². The second-order valence-corrected chi connectivity index (χ2v) is 4.94. The summed E-state index contributed by atoms with van der Waals surface area (Å²) in [6.45, 7) is 0.143. The van der Waals surface area contributed by atoms with E-state index in [9.17, 15) is 10.1 Å². The summed E-state index contributed by atoms with van der Waals surface area (Å²) >= 11 is 11.7. The molecule has 0 unspecified atom stereocenters. The van der Waals surface area contributed by atoms with E-state index in [4.69, 9.17) is 32.7 Å². The van der Waals surface area contributed by atoms with E-state index >= 15 is 0 Å². The average Bonchev–Trinajstić information content (AvgIpc) is 2.48. The SMILES string of the molecule is COc1ccc(OCc2ccc(Cl)c(Cl)c2)c([N+](=O)[O-])c1. The third-order valence-electron chi connectivity index (χ3n) is 2.74. The van der Waals surface area contributed by atoms with Crippen LogP contribution in [-0.4, -0.2) is 12.0 Å². The van der Waals surface area contributed by atoms with Gasteiger partial charge in [-0.3, -0.25) is 10.1 Å². The molecule has 0 aliphatic rings. The second-order valence-electron chi connectivity index (χ2n) is 4.13. The summed E-state index contributed by atoms with van der Waals surface area (Å²) in [5.41, 5.74) is 0.601. The van der Waals surface area contributed by atoms with E-state index in [-0.39, 0.29) is 18.0 Å². The van der Waals surface area contributed by atoms with Gasteiger partial charge < -0.3 is 9.47 Å². The summed E-state index contributed by atoms with van der Waals surface area (Å²) in [7, 11) is 1.44. The standard InChI is InChI=1S/C14H11Cl2NO4/c1-20-10-3-5-14(13(7-10)17(18)19)21-8-9-2-4-11(15)12(16)6-9/h2-7H,8H2,1H3. The van der Waals surface area contributed by atoms with Gasteiger partial charge in [0.2, 0.25) is 0 Å². The largest absolute Gasteiger partial charge is 0.496 e. The molecule has 110 valence electrons. The Labute approximate surface area is 131 Å². The lowest BCUT2D eigenvalue weighted by Crippen LogP contribution is -1.99. The van der Waals surface area contributed by atoms with Crippen LogP contribution in [0.4, 0.5) is 5.69 Å². The Morgan fingerprint density at radius 2 is 1.90 bits per heavy atom. The quantitative estimate of drug-likeness (QED) is 0.599. The number of methoxy groups -OCH3 is 1. The summed E-state index contributed by atoms with van der Waals surface area (Å²) in [5.74, 6) is 0.551. The number of rotatable bonds is 5. The summed E-state index contributed by atoms with van der Waals surface area (Å²) in [6, 6.07) is 9.43. The summed E-state index contributed by atoms with van der Waals surface area (Å²) in [4.78, 5) is 10.5. The highest BCUT2D eigenvalue weighted by atomic mass is 35.5. The monoisotopic (exact) mass is 327 g/mol.